The number of hydrogen-bond donors (Lipinski definition) is 1. The molecule has 172 valence electrons. The monoisotopic (exact) mass is 485 g/mol. The zero-order valence-electron chi connectivity index (χ0n) is 18.4. The first-order valence-corrected chi connectivity index (χ1v) is 11.4. The molecule has 2 aromatic carbocycles. The molecule has 2 aliphatic rings. The standard InChI is InChI=1S/C24H24ClN3O4S/c1-15-11-17(25)6-7-19(15)28-23(30)18(26-24(28)33)12-16-5-8-20(21(13-16)31-2)32-14-22(29)27-9-3-4-10-27/h5-8,11-13H,3-4,9-10,14H2,1-2H3,(H,26,33)/b18-12-. The summed E-state index contributed by atoms with van der Waals surface area (Å²) < 4.78 is 11.1. The molecule has 0 bridgehead atoms. The highest BCUT2D eigenvalue weighted by Crippen LogP contribution is 2.31. The summed E-state index contributed by atoms with van der Waals surface area (Å²) in [7, 11) is 1.53. The Labute approximate surface area is 202 Å². The summed E-state index contributed by atoms with van der Waals surface area (Å²) in [5.74, 6) is 0.636. The summed E-state index contributed by atoms with van der Waals surface area (Å²) in [5.41, 5.74) is 2.58. The van der Waals surface area contributed by atoms with Gasteiger partial charge in [-0.25, -0.2) is 0 Å². The van der Waals surface area contributed by atoms with E-state index in [-0.39, 0.29) is 18.4 Å². The van der Waals surface area contributed by atoms with Gasteiger partial charge < -0.3 is 19.7 Å². The van der Waals surface area contributed by atoms with Crippen LogP contribution in [0, 0.1) is 6.92 Å². The van der Waals surface area contributed by atoms with Crippen LogP contribution in [-0.2, 0) is 9.59 Å². The Hall–Kier alpha value is -3.10. The fourth-order valence-electron chi connectivity index (χ4n) is 3.88. The average molecular weight is 486 g/mol. The summed E-state index contributed by atoms with van der Waals surface area (Å²) in [5, 5.41) is 3.87. The van der Waals surface area contributed by atoms with Crippen LogP contribution >= 0.6 is 23.8 Å². The molecule has 4 rings (SSSR count). The number of likely N-dealkylation sites (tertiary alicyclic amines) is 1. The molecule has 2 amide bonds. The highest BCUT2D eigenvalue weighted by atomic mass is 35.5. The molecule has 0 unspecified atom stereocenters. The second kappa shape index (κ2) is 9.80. The van der Waals surface area contributed by atoms with E-state index >= 15 is 0 Å². The number of amides is 2. The van der Waals surface area contributed by atoms with Crippen molar-refractivity contribution in [3.8, 4) is 11.5 Å². The maximum Gasteiger partial charge on any atom is 0.281 e. The molecule has 2 fully saturated rings. The van der Waals surface area contributed by atoms with Crippen molar-refractivity contribution in [2.45, 2.75) is 19.8 Å². The second-order valence-corrected chi connectivity index (χ2v) is 8.67. The molecule has 0 spiro atoms. The molecule has 2 aromatic rings. The van der Waals surface area contributed by atoms with Crippen LogP contribution in [0.2, 0.25) is 5.02 Å². The quantitative estimate of drug-likeness (QED) is 0.494. The van der Waals surface area contributed by atoms with Crippen molar-refractivity contribution in [1.82, 2.24) is 10.2 Å². The molecule has 0 aliphatic carbocycles. The van der Waals surface area contributed by atoms with Crippen molar-refractivity contribution >= 4 is 52.5 Å². The maximum atomic E-state index is 13.1. The van der Waals surface area contributed by atoms with Gasteiger partial charge in [0.15, 0.2) is 23.2 Å². The van der Waals surface area contributed by atoms with E-state index in [0.29, 0.717) is 33.0 Å². The Kier molecular flexibility index (Phi) is 6.85. The summed E-state index contributed by atoms with van der Waals surface area (Å²) >= 11 is 11.4. The molecule has 2 saturated heterocycles. The fraction of sp³-hybridized carbons (Fsp3) is 0.292. The smallest absolute Gasteiger partial charge is 0.281 e. The molecule has 0 aromatic heterocycles. The number of anilines is 1. The Morgan fingerprint density at radius 1 is 1.18 bits per heavy atom. The van der Waals surface area contributed by atoms with E-state index in [2.05, 4.69) is 5.32 Å². The summed E-state index contributed by atoms with van der Waals surface area (Å²) in [6, 6.07) is 10.5. The van der Waals surface area contributed by atoms with Crippen molar-refractivity contribution < 1.29 is 19.1 Å². The van der Waals surface area contributed by atoms with Crippen LogP contribution in [0.3, 0.4) is 0 Å². The number of rotatable bonds is 6. The number of carbonyl (C=O) groups is 2. The minimum atomic E-state index is -0.263. The molecule has 2 heterocycles. The first kappa shape index (κ1) is 23.1. The molecule has 0 saturated carbocycles. The molecule has 2 aliphatic heterocycles. The molecule has 0 atom stereocenters. The third kappa shape index (κ3) is 4.96. The van der Waals surface area contributed by atoms with Crippen LogP contribution in [0.4, 0.5) is 5.69 Å². The summed E-state index contributed by atoms with van der Waals surface area (Å²) in [6.07, 6.45) is 3.76. The number of thiocarbonyl (C=S) groups is 1. The SMILES string of the molecule is COc1cc(/C=C2\NC(=S)N(c3ccc(Cl)cc3C)C2=O)ccc1OCC(=O)N1CCCC1. The average Bonchev–Trinajstić information content (AvgIpc) is 3.42. The maximum absolute atomic E-state index is 13.1. The van der Waals surface area contributed by atoms with Gasteiger partial charge in [-0.1, -0.05) is 17.7 Å². The van der Waals surface area contributed by atoms with Gasteiger partial charge in [-0.15, -0.1) is 0 Å². The number of ether oxygens (including phenoxy) is 2. The van der Waals surface area contributed by atoms with E-state index in [4.69, 9.17) is 33.3 Å². The van der Waals surface area contributed by atoms with E-state index in [9.17, 15) is 9.59 Å². The van der Waals surface area contributed by atoms with Gasteiger partial charge in [-0.2, -0.15) is 0 Å². The molecule has 0 radical (unpaired) electrons. The zero-order valence-corrected chi connectivity index (χ0v) is 20.0. The molecular formula is C24H24ClN3O4S. The lowest BCUT2D eigenvalue weighted by Crippen LogP contribution is -2.32. The number of hydrogen-bond acceptors (Lipinski definition) is 5. The van der Waals surface area contributed by atoms with Crippen LogP contribution in [-0.4, -0.2) is 48.6 Å². The van der Waals surface area contributed by atoms with Crippen molar-refractivity contribution in [1.29, 1.82) is 0 Å². The normalized spacial score (nSPS) is 17.0. The molecule has 7 nitrogen and oxygen atoms in total. The topological polar surface area (TPSA) is 71.1 Å². The fourth-order valence-corrected chi connectivity index (χ4v) is 4.40. The Balaban J connectivity index is 1.50. The Morgan fingerprint density at radius 3 is 2.64 bits per heavy atom. The number of carbonyl (C=O) groups excluding carboxylic acids is 2. The van der Waals surface area contributed by atoms with Crippen LogP contribution in [0.1, 0.15) is 24.0 Å². The predicted molar refractivity (Wildman–Crippen MR) is 132 cm³/mol. The van der Waals surface area contributed by atoms with Gasteiger partial charge in [0.25, 0.3) is 11.8 Å². The van der Waals surface area contributed by atoms with E-state index < -0.39 is 0 Å². The lowest BCUT2D eigenvalue weighted by Gasteiger charge is -2.17. The minimum absolute atomic E-state index is 0.0346. The number of aryl methyl sites for hydroxylation is 1. The van der Waals surface area contributed by atoms with Gasteiger partial charge in [0, 0.05) is 18.1 Å². The number of nitrogens with one attached hydrogen (secondary N) is 1. The van der Waals surface area contributed by atoms with Crippen molar-refractivity contribution in [2.24, 2.45) is 0 Å². The molecule has 33 heavy (non-hydrogen) atoms. The number of benzene rings is 2. The molecular weight excluding hydrogens is 462 g/mol. The predicted octanol–water partition coefficient (Wildman–Crippen LogP) is 3.92. The number of nitrogens with zero attached hydrogens (tertiary/aromatic N) is 2. The Bertz CT molecular complexity index is 1140. The van der Waals surface area contributed by atoms with Gasteiger partial charge in [0.1, 0.15) is 5.70 Å². The Morgan fingerprint density at radius 2 is 1.94 bits per heavy atom. The lowest BCUT2D eigenvalue weighted by atomic mass is 10.1. The highest BCUT2D eigenvalue weighted by molar-refractivity contribution is 7.80. The van der Waals surface area contributed by atoms with E-state index in [1.54, 1.807) is 47.4 Å². The number of halogens is 1. The van der Waals surface area contributed by atoms with Gasteiger partial charge >= 0.3 is 0 Å². The molecule has 1 N–H and O–H groups in total. The van der Waals surface area contributed by atoms with Crippen molar-refractivity contribution in [3.05, 3.63) is 58.2 Å². The largest absolute Gasteiger partial charge is 0.493 e. The van der Waals surface area contributed by atoms with Crippen LogP contribution in [0.25, 0.3) is 6.08 Å². The second-order valence-electron chi connectivity index (χ2n) is 7.85. The zero-order chi connectivity index (χ0) is 23.5. The van der Waals surface area contributed by atoms with Crippen LogP contribution in [0.15, 0.2) is 42.1 Å². The first-order valence-electron chi connectivity index (χ1n) is 10.6. The van der Waals surface area contributed by atoms with Crippen LogP contribution in [0.5, 0.6) is 11.5 Å². The van der Waals surface area contributed by atoms with Gasteiger partial charge in [0.2, 0.25) is 0 Å². The minimum Gasteiger partial charge on any atom is -0.493 e. The number of methoxy groups -OCH3 is 1. The van der Waals surface area contributed by atoms with Crippen molar-refractivity contribution in [3.63, 3.8) is 0 Å². The van der Waals surface area contributed by atoms with E-state index in [1.807, 2.05) is 6.92 Å². The molecule has 9 heteroatoms. The lowest BCUT2D eigenvalue weighted by molar-refractivity contribution is -0.132. The highest BCUT2D eigenvalue weighted by Gasteiger charge is 2.33. The third-order valence-electron chi connectivity index (χ3n) is 5.59. The van der Waals surface area contributed by atoms with Crippen LogP contribution < -0.4 is 19.7 Å². The summed E-state index contributed by atoms with van der Waals surface area (Å²) in [6.45, 7) is 3.39. The van der Waals surface area contributed by atoms with Gasteiger partial charge in [-0.3, -0.25) is 14.5 Å². The van der Waals surface area contributed by atoms with E-state index in [1.165, 1.54) is 12.0 Å². The van der Waals surface area contributed by atoms with E-state index in [0.717, 1.165) is 37.1 Å². The third-order valence-corrected chi connectivity index (χ3v) is 6.11. The van der Waals surface area contributed by atoms with Gasteiger partial charge in [0.05, 0.1) is 12.8 Å². The van der Waals surface area contributed by atoms with Gasteiger partial charge in [-0.05, 0) is 79.5 Å². The summed E-state index contributed by atoms with van der Waals surface area (Å²) in [4.78, 5) is 28.6. The van der Waals surface area contributed by atoms with Crippen molar-refractivity contribution in [2.75, 3.05) is 31.7 Å². The first-order chi connectivity index (χ1) is 15.9.